The average molecular weight is 1090 g/mol. The Labute approximate surface area is 419 Å². The Hall–Kier alpha value is -6.25. The number of carbonyl (C=O) groups excluding carboxylic acids is 6. The van der Waals surface area contributed by atoms with Gasteiger partial charge in [-0.3, -0.25) is 34.3 Å². The van der Waals surface area contributed by atoms with Crippen LogP contribution in [0.15, 0.2) is 83.5 Å². The highest BCUT2D eigenvalue weighted by molar-refractivity contribution is 14.1. The molecule has 1 fully saturated rings. The van der Waals surface area contributed by atoms with Gasteiger partial charge in [-0.2, -0.15) is 0 Å². The van der Waals surface area contributed by atoms with Crippen molar-refractivity contribution in [1.82, 2.24) is 20.9 Å². The van der Waals surface area contributed by atoms with Crippen molar-refractivity contribution in [3.63, 3.8) is 0 Å². The molecular weight excluding hydrogens is 1030 g/mol. The number of aliphatic hydroxyl groups is 3. The Morgan fingerprint density at radius 1 is 0.957 bits per heavy atom. The lowest BCUT2D eigenvalue weighted by molar-refractivity contribution is -0.184. The third kappa shape index (κ3) is 20.4. The Kier molecular flexibility index (Phi) is 25.8. The number of nitrogens with two attached hydrogens (primary N) is 1. The molecular formula is C47H63IN8O14. The summed E-state index contributed by atoms with van der Waals surface area (Å²) in [6.07, 6.45) is 3.08. The van der Waals surface area contributed by atoms with Gasteiger partial charge in [-0.25, -0.2) is 9.59 Å². The quantitative estimate of drug-likeness (QED) is 0.0111. The molecule has 1 saturated heterocycles. The zero-order valence-corrected chi connectivity index (χ0v) is 41.2. The van der Waals surface area contributed by atoms with Crippen molar-refractivity contribution >= 4 is 82.3 Å². The number of nitrogens with zero attached hydrogens (tertiary/aromatic N) is 2. The highest BCUT2D eigenvalue weighted by Crippen LogP contribution is 2.29. The predicted molar refractivity (Wildman–Crippen MR) is 267 cm³/mol. The maximum Gasteiger partial charge on any atom is 0.411 e. The predicted octanol–water partition coefficient (Wildman–Crippen LogP) is 2.13. The van der Waals surface area contributed by atoms with Crippen molar-refractivity contribution in [3.05, 3.63) is 89.7 Å². The lowest BCUT2D eigenvalue weighted by Gasteiger charge is -2.32. The van der Waals surface area contributed by atoms with E-state index in [2.05, 4.69) is 43.0 Å². The summed E-state index contributed by atoms with van der Waals surface area (Å²) in [6, 6.07) is 9.33. The first-order valence-electron chi connectivity index (χ1n) is 22.3. The molecule has 0 aliphatic carbocycles. The number of rotatable bonds is 28. The highest BCUT2D eigenvalue weighted by Gasteiger charge is 2.37. The molecule has 0 bridgehead atoms. The number of nitrogens with one attached hydrogen (secondary N) is 5. The summed E-state index contributed by atoms with van der Waals surface area (Å²) in [5, 5.41) is 53.7. The summed E-state index contributed by atoms with van der Waals surface area (Å²) in [6.45, 7) is 6.22. The fraction of sp³-hybridized carbons (Fsp3) is 0.447. The van der Waals surface area contributed by atoms with Gasteiger partial charge in [0.15, 0.2) is 6.10 Å². The van der Waals surface area contributed by atoms with Gasteiger partial charge in [0.2, 0.25) is 29.9 Å². The molecule has 1 heterocycles. The zero-order chi connectivity index (χ0) is 51.6. The van der Waals surface area contributed by atoms with Crippen molar-refractivity contribution in [2.24, 2.45) is 16.6 Å². The molecule has 1 aliphatic rings. The number of aliphatic carboxylic acids is 1. The van der Waals surface area contributed by atoms with Gasteiger partial charge in [-0.1, -0.05) is 65.3 Å². The number of amides is 6. The van der Waals surface area contributed by atoms with Crippen LogP contribution in [-0.4, -0.2) is 149 Å². The molecule has 6 amide bonds. The summed E-state index contributed by atoms with van der Waals surface area (Å²) in [5.74, 6) is -3.50. The van der Waals surface area contributed by atoms with Gasteiger partial charge in [0.25, 0.3) is 5.91 Å². The second-order valence-corrected chi connectivity index (χ2v) is 16.7. The number of alkyl halides is 1. The molecule has 3 unspecified atom stereocenters. The molecule has 0 aromatic heterocycles. The van der Waals surface area contributed by atoms with Crippen LogP contribution in [0.1, 0.15) is 61.4 Å². The molecule has 0 spiro atoms. The standard InChI is InChI=1S/C47H63IN8O14/c1-29(8-7-19-50-2)12-15-37(57)51-20-5-4-9-30-17-22-56(23-18-30)44(63)32-10-6-11-33(25-32)53-47(67)69-28-31-13-14-36(70-46(66)41(61)40(60)42(68-3)45(64)65)34(24-31)54-38(58)16-21-52-43(62)35(27-49)55-39(59)26-48/h6-8,10-15,19,24-25,30,35,40-42,46,60-61,66H,2,4-5,9,16-18,20-23,26-28,49H2,1,3H3,(H,51,57)(H,52,62)(H,53,67)(H,54,58)(H,55,59)(H,64,65)/b15-12+,19-7-,29-8+/t35?,40?,41-,42?,46+/m0/s1. The van der Waals surface area contributed by atoms with Crippen LogP contribution in [0, 0.1) is 5.92 Å². The number of benzene rings is 2. The number of allylic oxidation sites excluding steroid dienone is 4. The molecule has 3 rings (SSSR count). The van der Waals surface area contributed by atoms with Gasteiger partial charge in [-0.15, -0.1) is 0 Å². The van der Waals surface area contributed by atoms with Crippen molar-refractivity contribution in [2.45, 2.75) is 82.7 Å². The van der Waals surface area contributed by atoms with Gasteiger partial charge in [0.05, 0.1) is 10.1 Å². The molecule has 70 heavy (non-hydrogen) atoms. The number of hydrogen-bond donors (Lipinski definition) is 10. The normalized spacial score (nSPS) is 15.2. The van der Waals surface area contributed by atoms with E-state index in [1.165, 1.54) is 30.3 Å². The van der Waals surface area contributed by atoms with Crippen LogP contribution in [0.4, 0.5) is 16.2 Å². The number of methoxy groups -OCH3 is 1. The summed E-state index contributed by atoms with van der Waals surface area (Å²) in [4.78, 5) is 92.7. The van der Waals surface area contributed by atoms with Crippen LogP contribution in [0.25, 0.3) is 0 Å². The molecule has 0 radical (unpaired) electrons. The van der Waals surface area contributed by atoms with E-state index in [0.717, 1.165) is 44.8 Å². The van der Waals surface area contributed by atoms with Crippen LogP contribution in [0.5, 0.6) is 5.75 Å². The molecule has 1 aliphatic heterocycles. The fourth-order valence-electron chi connectivity index (χ4n) is 6.89. The Morgan fingerprint density at radius 2 is 1.70 bits per heavy atom. The number of anilines is 2. The lowest BCUT2D eigenvalue weighted by Crippen LogP contribution is -2.51. The molecule has 22 nitrogen and oxygen atoms in total. The van der Waals surface area contributed by atoms with Crippen LogP contribution in [0.3, 0.4) is 0 Å². The van der Waals surface area contributed by atoms with E-state index in [1.54, 1.807) is 41.5 Å². The monoisotopic (exact) mass is 1090 g/mol. The first kappa shape index (κ1) is 58.1. The molecule has 5 atom stereocenters. The van der Waals surface area contributed by atoms with Gasteiger partial charge in [0.1, 0.15) is 30.6 Å². The van der Waals surface area contributed by atoms with E-state index in [9.17, 15) is 54.0 Å². The first-order chi connectivity index (χ1) is 33.5. The van der Waals surface area contributed by atoms with E-state index in [4.69, 9.17) is 15.2 Å². The van der Waals surface area contributed by atoms with E-state index < -0.39 is 60.4 Å². The molecule has 0 saturated carbocycles. The summed E-state index contributed by atoms with van der Waals surface area (Å²) in [5.41, 5.74) is 7.34. The Morgan fingerprint density at radius 3 is 2.37 bits per heavy atom. The number of halogens is 1. The summed E-state index contributed by atoms with van der Waals surface area (Å²) >= 11 is 1.82. The Bertz CT molecular complexity index is 2200. The van der Waals surface area contributed by atoms with Crippen LogP contribution in [0.2, 0.25) is 0 Å². The Balaban J connectivity index is 1.56. The number of carbonyl (C=O) groups is 7. The molecule has 382 valence electrons. The number of unbranched alkanes of at least 4 members (excludes halogenated alkanes) is 1. The summed E-state index contributed by atoms with van der Waals surface area (Å²) in [7, 11) is 0.973. The minimum absolute atomic E-state index is 0.0954. The molecule has 2 aromatic rings. The maximum absolute atomic E-state index is 13.5. The minimum Gasteiger partial charge on any atom is -0.479 e. The molecule has 23 heteroatoms. The van der Waals surface area contributed by atoms with E-state index in [0.29, 0.717) is 42.4 Å². The number of hydrogen-bond acceptors (Lipinski definition) is 15. The number of ether oxygens (including phenoxy) is 3. The average Bonchev–Trinajstić information content (AvgIpc) is 3.34. The van der Waals surface area contributed by atoms with Crippen LogP contribution >= 0.6 is 22.6 Å². The first-order valence-corrected chi connectivity index (χ1v) is 23.8. The SMILES string of the molecule is C=N\C=C/C=C(C)/C=C/C(=O)NCCCCC1CCN(C(=O)c2cccc(NC(=O)OCc3ccc(O[C@@H](O)[C@@H](O)C(O)C(OC)C(=O)O)c(NC(=O)CCNC(=O)C(CN)NC(=O)CI)c3)c2)CC1. The number of piperidine rings is 1. The number of carboxylic acid groups (broad SMARTS) is 1. The van der Waals surface area contributed by atoms with Gasteiger partial charge in [-0.05, 0) is 80.8 Å². The van der Waals surface area contributed by atoms with Gasteiger partial charge < -0.3 is 66.5 Å². The van der Waals surface area contributed by atoms with E-state index in [-0.39, 0.29) is 53.8 Å². The lowest BCUT2D eigenvalue weighted by atomic mass is 9.91. The van der Waals surface area contributed by atoms with Gasteiger partial charge in [0, 0.05) is 69.8 Å². The highest BCUT2D eigenvalue weighted by atomic mass is 127. The summed E-state index contributed by atoms with van der Waals surface area (Å²) < 4.78 is 15.6. The maximum atomic E-state index is 13.5. The second kappa shape index (κ2) is 31.1. The largest absolute Gasteiger partial charge is 0.479 e. The van der Waals surface area contributed by atoms with E-state index in [1.807, 2.05) is 35.6 Å². The van der Waals surface area contributed by atoms with Crippen molar-refractivity contribution in [2.75, 3.05) is 54.9 Å². The van der Waals surface area contributed by atoms with Crippen molar-refractivity contribution in [3.8, 4) is 5.75 Å². The number of aliphatic imine (C=N–C) groups is 1. The smallest absolute Gasteiger partial charge is 0.411 e. The van der Waals surface area contributed by atoms with Crippen LogP contribution < -0.4 is 37.1 Å². The number of carboxylic acids is 1. The third-order valence-electron chi connectivity index (χ3n) is 10.7. The van der Waals surface area contributed by atoms with Crippen molar-refractivity contribution in [1.29, 1.82) is 0 Å². The van der Waals surface area contributed by atoms with E-state index >= 15 is 0 Å². The van der Waals surface area contributed by atoms with Gasteiger partial charge >= 0.3 is 12.1 Å². The minimum atomic E-state index is -2.24. The van der Waals surface area contributed by atoms with Crippen LogP contribution in [-0.2, 0) is 40.1 Å². The van der Waals surface area contributed by atoms with Crippen molar-refractivity contribution < 1.29 is 68.2 Å². The molecule has 11 N–H and O–H groups in total. The third-order valence-corrected chi connectivity index (χ3v) is 11.4. The topological polar surface area (TPSA) is 330 Å². The fourth-order valence-corrected chi connectivity index (χ4v) is 7.11. The molecule has 2 aromatic carbocycles. The number of likely N-dealkylation sites (tertiary alicyclic amines) is 1. The number of aliphatic hydroxyl groups excluding tert-OH is 3. The zero-order valence-electron chi connectivity index (χ0n) is 39.0. The second-order valence-electron chi connectivity index (χ2n) is 16.0.